The van der Waals surface area contributed by atoms with Crippen molar-refractivity contribution < 1.29 is 28.9 Å². The van der Waals surface area contributed by atoms with E-state index in [0.717, 1.165) is 0 Å². The summed E-state index contributed by atoms with van der Waals surface area (Å²) in [6.07, 6.45) is 0. The van der Waals surface area contributed by atoms with Crippen molar-refractivity contribution in [3.63, 3.8) is 0 Å². The monoisotopic (exact) mass is 332 g/mol. The molecule has 0 fully saturated rings. The minimum Gasteiger partial charge on any atom is -0.506 e. The predicted molar refractivity (Wildman–Crippen MR) is 69.9 cm³/mol. The number of phenols is 1. The standard InChI is InChI=1S/C12H13BrO6/c1-4-19-12(16)10(15)8-9(14)6(13)5-7(17-2)11(8)18-3/h5,14H,4H2,1-3H3. The molecule has 19 heavy (non-hydrogen) atoms. The lowest BCUT2D eigenvalue weighted by molar-refractivity contribution is -0.137. The van der Waals surface area contributed by atoms with Gasteiger partial charge in [0.1, 0.15) is 11.3 Å². The molecule has 1 N–H and O–H groups in total. The molecule has 0 saturated carbocycles. The zero-order valence-electron chi connectivity index (χ0n) is 10.7. The van der Waals surface area contributed by atoms with Gasteiger partial charge in [-0.05, 0) is 22.9 Å². The lowest BCUT2D eigenvalue weighted by Gasteiger charge is -2.14. The number of carbonyl (C=O) groups excluding carboxylic acids is 2. The van der Waals surface area contributed by atoms with Gasteiger partial charge >= 0.3 is 5.97 Å². The molecule has 0 saturated heterocycles. The van der Waals surface area contributed by atoms with Gasteiger partial charge in [0.05, 0.1) is 25.3 Å². The number of hydrogen-bond donors (Lipinski definition) is 1. The van der Waals surface area contributed by atoms with Gasteiger partial charge in [0, 0.05) is 6.07 Å². The minimum atomic E-state index is -1.07. The zero-order valence-corrected chi connectivity index (χ0v) is 12.2. The van der Waals surface area contributed by atoms with E-state index in [2.05, 4.69) is 20.7 Å². The lowest BCUT2D eigenvalue weighted by atomic mass is 10.1. The van der Waals surface area contributed by atoms with Crippen LogP contribution in [0.2, 0.25) is 0 Å². The predicted octanol–water partition coefficient (Wildman–Crippen LogP) is 1.92. The molecule has 1 aromatic rings. The molecule has 0 aliphatic carbocycles. The quantitative estimate of drug-likeness (QED) is 0.504. The van der Waals surface area contributed by atoms with E-state index in [1.807, 2.05) is 0 Å². The molecule has 1 aromatic carbocycles. The molecule has 0 amide bonds. The normalized spacial score (nSPS) is 9.89. The van der Waals surface area contributed by atoms with Gasteiger partial charge in [-0.15, -0.1) is 0 Å². The molecule has 0 aromatic heterocycles. The molecule has 1 rings (SSSR count). The summed E-state index contributed by atoms with van der Waals surface area (Å²) in [6.45, 7) is 1.63. The number of ketones is 1. The third-order valence-electron chi connectivity index (χ3n) is 2.28. The van der Waals surface area contributed by atoms with Crippen molar-refractivity contribution in [3.05, 3.63) is 16.1 Å². The lowest BCUT2D eigenvalue weighted by Crippen LogP contribution is -2.19. The fourth-order valence-electron chi connectivity index (χ4n) is 1.46. The second-order valence-electron chi connectivity index (χ2n) is 3.37. The highest BCUT2D eigenvalue weighted by molar-refractivity contribution is 9.10. The Balaban J connectivity index is 3.43. The second kappa shape index (κ2) is 6.42. The average molecular weight is 333 g/mol. The van der Waals surface area contributed by atoms with E-state index >= 15 is 0 Å². The van der Waals surface area contributed by atoms with Crippen LogP contribution in [0.5, 0.6) is 17.2 Å². The third-order valence-corrected chi connectivity index (χ3v) is 2.89. The summed E-state index contributed by atoms with van der Waals surface area (Å²) in [5.41, 5.74) is -0.299. The van der Waals surface area contributed by atoms with Crippen LogP contribution in [0.25, 0.3) is 0 Å². The molecule has 0 unspecified atom stereocenters. The van der Waals surface area contributed by atoms with Crippen LogP contribution in [0.3, 0.4) is 0 Å². The first-order chi connectivity index (χ1) is 8.97. The molecule has 7 heteroatoms. The van der Waals surface area contributed by atoms with Gasteiger partial charge < -0.3 is 19.3 Å². The van der Waals surface area contributed by atoms with Crippen LogP contribution in [0.15, 0.2) is 10.5 Å². The van der Waals surface area contributed by atoms with Crippen LogP contribution < -0.4 is 9.47 Å². The summed E-state index contributed by atoms with van der Waals surface area (Å²) >= 11 is 3.07. The number of benzene rings is 1. The summed E-state index contributed by atoms with van der Waals surface area (Å²) in [4.78, 5) is 23.4. The van der Waals surface area contributed by atoms with Crippen LogP contribution >= 0.6 is 15.9 Å². The largest absolute Gasteiger partial charge is 0.506 e. The molecule has 0 spiro atoms. The number of aromatic hydroxyl groups is 1. The Bertz CT molecular complexity index is 511. The number of methoxy groups -OCH3 is 2. The summed E-state index contributed by atoms with van der Waals surface area (Å²) in [7, 11) is 2.67. The Kier molecular flexibility index (Phi) is 5.17. The Morgan fingerprint density at radius 2 is 1.95 bits per heavy atom. The van der Waals surface area contributed by atoms with Gasteiger partial charge in [0.15, 0.2) is 11.5 Å². The number of rotatable bonds is 5. The number of ether oxygens (including phenoxy) is 3. The maximum Gasteiger partial charge on any atom is 0.379 e. The van der Waals surface area contributed by atoms with Gasteiger partial charge in [-0.1, -0.05) is 0 Å². The number of halogens is 1. The van der Waals surface area contributed by atoms with Crippen molar-refractivity contribution in [1.82, 2.24) is 0 Å². The maximum absolute atomic E-state index is 12.0. The van der Waals surface area contributed by atoms with E-state index in [1.54, 1.807) is 6.92 Å². The van der Waals surface area contributed by atoms with Crippen LogP contribution in [0, 0.1) is 0 Å². The van der Waals surface area contributed by atoms with Crippen molar-refractivity contribution in [2.24, 2.45) is 0 Å². The van der Waals surface area contributed by atoms with Crippen molar-refractivity contribution in [2.45, 2.75) is 6.92 Å². The smallest absolute Gasteiger partial charge is 0.379 e. The summed E-state index contributed by atoms with van der Waals surface area (Å²) < 4.78 is 14.9. The Hall–Kier alpha value is -1.76. The number of phenolic OH excluding ortho intramolecular Hbond substituents is 1. The van der Waals surface area contributed by atoms with Crippen LogP contribution in [-0.4, -0.2) is 37.7 Å². The van der Waals surface area contributed by atoms with Gasteiger partial charge in [-0.3, -0.25) is 4.79 Å². The van der Waals surface area contributed by atoms with E-state index in [1.165, 1.54) is 20.3 Å². The van der Waals surface area contributed by atoms with Crippen LogP contribution in [0.4, 0.5) is 0 Å². The molecule has 0 aliphatic heterocycles. The Labute approximate surface area is 118 Å². The molecule has 0 heterocycles. The Morgan fingerprint density at radius 1 is 1.32 bits per heavy atom. The highest BCUT2D eigenvalue weighted by Gasteiger charge is 2.29. The fourth-order valence-corrected chi connectivity index (χ4v) is 1.87. The van der Waals surface area contributed by atoms with Crippen molar-refractivity contribution in [1.29, 1.82) is 0 Å². The van der Waals surface area contributed by atoms with Gasteiger partial charge in [0.2, 0.25) is 0 Å². The highest BCUT2D eigenvalue weighted by atomic mass is 79.9. The van der Waals surface area contributed by atoms with E-state index in [-0.39, 0.29) is 28.1 Å². The van der Waals surface area contributed by atoms with Gasteiger partial charge in [-0.25, -0.2) is 4.79 Å². The van der Waals surface area contributed by atoms with Crippen molar-refractivity contribution in [3.8, 4) is 17.2 Å². The van der Waals surface area contributed by atoms with Crippen LogP contribution in [-0.2, 0) is 9.53 Å². The molecule has 0 atom stereocenters. The Morgan fingerprint density at radius 3 is 2.42 bits per heavy atom. The number of Topliss-reactive ketones (excluding diaryl/α,β-unsaturated/α-hetero) is 1. The van der Waals surface area contributed by atoms with E-state index in [9.17, 15) is 14.7 Å². The minimum absolute atomic E-state index is 0.0266. The van der Waals surface area contributed by atoms with E-state index in [4.69, 9.17) is 9.47 Å². The first-order valence-corrected chi connectivity index (χ1v) is 6.12. The van der Waals surface area contributed by atoms with Crippen molar-refractivity contribution >= 4 is 27.7 Å². The average Bonchev–Trinajstić information content (AvgIpc) is 2.40. The molecule has 0 radical (unpaired) electrons. The second-order valence-corrected chi connectivity index (χ2v) is 4.22. The molecule has 0 aliphatic rings. The first-order valence-electron chi connectivity index (χ1n) is 5.32. The third kappa shape index (κ3) is 2.98. The maximum atomic E-state index is 12.0. The number of esters is 1. The molecule has 104 valence electrons. The van der Waals surface area contributed by atoms with Crippen LogP contribution in [0.1, 0.15) is 17.3 Å². The molecule has 0 bridgehead atoms. The number of carbonyl (C=O) groups is 2. The topological polar surface area (TPSA) is 82.1 Å². The van der Waals surface area contributed by atoms with Gasteiger partial charge in [-0.2, -0.15) is 0 Å². The highest BCUT2D eigenvalue weighted by Crippen LogP contribution is 2.42. The fraction of sp³-hybridized carbons (Fsp3) is 0.333. The first kappa shape index (κ1) is 15.3. The summed E-state index contributed by atoms with van der Waals surface area (Å²) in [5.74, 6) is -2.30. The molecule has 6 nitrogen and oxygen atoms in total. The van der Waals surface area contributed by atoms with Gasteiger partial charge in [0.25, 0.3) is 5.78 Å². The summed E-state index contributed by atoms with van der Waals surface area (Å²) in [6, 6.07) is 1.43. The molecular weight excluding hydrogens is 320 g/mol. The summed E-state index contributed by atoms with van der Waals surface area (Å²) in [5, 5.41) is 9.91. The SMILES string of the molecule is CCOC(=O)C(=O)c1c(O)c(Br)cc(OC)c1OC. The molecular formula is C12H13BrO6. The zero-order chi connectivity index (χ0) is 14.6. The van der Waals surface area contributed by atoms with E-state index < -0.39 is 17.5 Å². The number of hydrogen-bond acceptors (Lipinski definition) is 6. The van der Waals surface area contributed by atoms with E-state index in [0.29, 0.717) is 0 Å². The van der Waals surface area contributed by atoms with Crippen molar-refractivity contribution in [2.75, 3.05) is 20.8 Å².